The lowest BCUT2D eigenvalue weighted by Gasteiger charge is -2.41. The minimum Gasteiger partial charge on any atom is -0.508 e. The van der Waals surface area contributed by atoms with Gasteiger partial charge < -0.3 is 17.5 Å². The molecule has 0 bridgehead atoms. The van der Waals surface area contributed by atoms with Crippen LogP contribution in [-0.4, -0.2) is 38.9 Å². The molecule has 0 aliphatic carbocycles. The number of hydrogen-bond donors (Lipinski definition) is 1. The normalized spacial score (nSPS) is 14.9. The molecule has 0 aliphatic rings. The first kappa shape index (κ1) is 26.8. The second kappa shape index (κ2) is 11.1. The molecule has 0 radical (unpaired) electrons. The standard InChI is InChI=1S/C13H36O3Si4.C6H6O/c1-11-12-13-20(10,15-18(5,6)7)16-19(8,9)14-17(2,3)4;7-6-4-2-1-3-5-6/h11-13H2,1-10H3;1-5,7H. The Kier molecular flexibility index (Phi) is 11.0. The Labute approximate surface area is 172 Å². The van der Waals surface area contributed by atoms with Crippen molar-refractivity contribution in [3.05, 3.63) is 30.3 Å². The van der Waals surface area contributed by atoms with Crippen molar-refractivity contribution < 1.29 is 17.5 Å². The van der Waals surface area contributed by atoms with Crippen molar-refractivity contribution in [1.82, 2.24) is 0 Å². The van der Waals surface area contributed by atoms with E-state index in [2.05, 4.69) is 65.8 Å². The molecule has 1 aromatic carbocycles. The van der Waals surface area contributed by atoms with Gasteiger partial charge in [-0.2, -0.15) is 0 Å². The van der Waals surface area contributed by atoms with Crippen LogP contribution in [0.15, 0.2) is 30.3 Å². The summed E-state index contributed by atoms with van der Waals surface area (Å²) >= 11 is 0. The Morgan fingerprint density at radius 3 is 1.56 bits per heavy atom. The first-order valence-corrected chi connectivity index (χ1v) is 22.1. The van der Waals surface area contributed by atoms with Crippen LogP contribution in [0, 0.1) is 0 Å². The van der Waals surface area contributed by atoms with Gasteiger partial charge in [0.1, 0.15) is 5.75 Å². The molecular formula is C19H42O4Si4. The smallest absolute Gasteiger partial charge is 0.315 e. The third-order valence-electron chi connectivity index (χ3n) is 3.28. The van der Waals surface area contributed by atoms with Gasteiger partial charge in [-0.15, -0.1) is 0 Å². The topological polar surface area (TPSA) is 47.9 Å². The van der Waals surface area contributed by atoms with E-state index in [1.165, 1.54) is 12.8 Å². The van der Waals surface area contributed by atoms with Crippen LogP contribution in [0.3, 0.4) is 0 Å². The Hall–Kier alpha value is -0.232. The minimum absolute atomic E-state index is 0.322. The minimum atomic E-state index is -2.12. The van der Waals surface area contributed by atoms with Crippen LogP contribution >= 0.6 is 0 Å². The van der Waals surface area contributed by atoms with Crippen molar-refractivity contribution in [1.29, 1.82) is 0 Å². The lowest BCUT2D eigenvalue weighted by molar-refractivity contribution is 0.322. The zero-order valence-corrected chi connectivity index (χ0v) is 23.2. The van der Waals surface area contributed by atoms with Gasteiger partial charge in [0.25, 0.3) is 0 Å². The zero-order valence-electron chi connectivity index (χ0n) is 19.2. The highest BCUT2D eigenvalue weighted by molar-refractivity contribution is 6.89. The molecule has 1 aromatic rings. The molecule has 1 atom stereocenters. The SMILES string of the molecule is CCCC[Si](C)(O[Si](C)(C)C)O[Si](C)(C)O[Si](C)(C)C.Oc1ccccc1. The van der Waals surface area contributed by atoms with Crippen LogP contribution in [0.4, 0.5) is 0 Å². The van der Waals surface area contributed by atoms with Crippen molar-refractivity contribution in [3.63, 3.8) is 0 Å². The quantitative estimate of drug-likeness (QED) is 0.430. The van der Waals surface area contributed by atoms with E-state index >= 15 is 0 Å². The van der Waals surface area contributed by atoms with Crippen molar-refractivity contribution in [2.75, 3.05) is 0 Å². The van der Waals surface area contributed by atoms with Crippen LogP contribution in [0.1, 0.15) is 19.8 Å². The van der Waals surface area contributed by atoms with E-state index in [1.54, 1.807) is 24.3 Å². The summed E-state index contributed by atoms with van der Waals surface area (Å²) < 4.78 is 19.4. The summed E-state index contributed by atoms with van der Waals surface area (Å²) in [6.45, 7) is 22.3. The molecule has 1 rings (SSSR count). The van der Waals surface area contributed by atoms with Gasteiger partial charge in [-0.05, 0) is 77.1 Å². The van der Waals surface area contributed by atoms with Crippen molar-refractivity contribution >= 4 is 33.8 Å². The summed E-state index contributed by atoms with van der Waals surface area (Å²) in [5.74, 6) is 0.322. The van der Waals surface area contributed by atoms with Gasteiger partial charge in [0.15, 0.2) is 16.6 Å². The summed E-state index contributed by atoms with van der Waals surface area (Å²) in [6, 6.07) is 9.80. The number of benzene rings is 1. The summed E-state index contributed by atoms with van der Waals surface area (Å²) in [5.41, 5.74) is 0. The zero-order chi connectivity index (χ0) is 21.4. The number of unbranched alkanes of at least 4 members (excludes halogenated alkanes) is 1. The number of phenolic OH excluding ortho intramolecular Hbond substituents is 1. The largest absolute Gasteiger partial charge is 0.508 e. The van der Waals surface area contributed by atoms with Crippen LogP contribution in [0.25, 0.3) is 0 Å². The molecule has 0 spiro atoms. The van der Waals surface area contributed by atoms with E-state index < -0.39 is 33.8 Å². The molecule has 0 saturated heterocycles. The van der Waals surface area contributed by atoms with E-state index in [-0.39, 0.29) is 0 Å². The maximum Gasteiger partial charge on any atom is 0.315 e. The van der Waals surface area contributed by atoms with Gasteiger partial charge in [0, 0.05) is 0 Å². The highest BCUT2D eigenvalue weighted by atomic mass is 28.5. The fourth-order valence-corrected chi connectivity index (χ4v) is 21.1. The van der Waals surface area contributed by atoms with Crippen molar-refractivity contribution in [2.45, 2.75) is 84.7 Å². The fourth-order valence-electron chi connectivity index (χ4n) is 2.97. The molecular weight excluding hydrogens is 405 g/mol. The van der Waals surface area contributed by atoms with Crippen molar-refractivity contribution in [2.24, 2.45) is 0 Å². The summed E-state index contributed by atoms with van der Waals surface area (Å²) in [4.78, 5) is 0. The molecule has 0 heterocycles. The van der Waals surface area contributed by atoms with Crippen molar-refractivity contribution in [3.8, 4) is 5.75 Å². The van der Waals surface area contributed by atoms with Gasteiger partial charge >= 0.3 is 17.1 Å². The second-order valence-electron chi connectivity index (χ2n) is 9.50. The fraction of sp³-hybridized carbons (Fsp3) is 0.684. The Morgan fingerprint density at radius 1 is 0.741 bits per heavy atom. The summed E-state index contributed by atoms with van der Waals surface area (Å²) in [7, 11) is -7.38. The lowest BCUT2D eigenvalue weighted by Crippen LogP contribution is -2.56. The summed E-state index contributed by atoms with van der Waals surface area (Å²) in [5, 5.41) is 8.63. The van der Waals surface area contributed by atoms with Gasteiger partial charge in [-0.25, -0.2) is 0 Å². The molecule has 158 valence electrons. The molecule has 4 nitrogen and oxygen atoms in total. The molecule has 8 heteroatoms. The maximum atomic E-state index is 8.63. The molecule has 1 unspecified atom stereocenters. The van der Waals surface area contributed by atoms with E-state index in [1.807, 2.05) is 6.07 Å². The molecule has 1 N–H and O–H groups in total. The lowest BCUT2D eigenvalue weighted by atomic mass is 10.3. The molecule has 0 amide bonds. The number of hydrogen-bond acceptors (Lipinski definition) is 4. The van der Waals surface area contributed by atoms with Gasteiger partial charge in [0.05, 0.1) is 0 Å². The Balaban J connectivity index is 0.000000797. The molecule has 27 heavy (non-hydrogen) atoms. The first-order chi connectivity index (χ1) is 12.1. The number of aromatic hydroxyl groups is 1. The predicted molar refractivity (Wildman–Crippen MR) is 127 cm³/mol. The molecule has 0 aliphatic heterocycles. The van der Waals surface area contributed by atoms with Crippen LogP contribution < -0.4 is 0 Å². The Bertz CT molecular complexity index is 527. The predicted octanol–water partition coefficient (Wildman–Crippen LogP) is 6.67. The second-order valence-corrected chi connectivity index (χ2v) is 26.0. The van der Waals surface area contributed by atoms with Gasteiger partial charge in [-0.1, -0.05) is 38.0 Å². The number of para-hydroxylation sites is 1. The van der Waals surface area contributed by atoms with E-state index in [4.69, 9.17) is 17.5 Å². The highest BCUT2D eigenvalue weighted by Gasteiger charge is 2.43. The number of phenols is 1. The van der Waals surface area contributed by atoms with E-state index in [0.717, 1.165) is 6.04 Å². The van der Waals surface area contributed by atoms with Crippen LogP contribution in [-0.2, 0) is 12.3 Å². The monoisotopic (exact) mass is 446 g/mol. The van der Waals surface area contributed by atoms with Gasteiger partial charge in [-0.3, -0.25) is 0 Å². The number of rotatable bonds is 9. The van der Waals surface area contributed by atoms with Crippen LogP contribution in [0.5, 0.6) is 5.75 Å². The van der Waals surface area contributed by atoms with Gasteiger partial charge in [0.2, 0.25) is 0 Å². The first-order valence-electron chi connectivity index (χ1n) is 9.92. The molecule has 0 aromatic heterocycles. The third-order valence-corrected chi connectivity index (χ3v) is 16.8. The van der Waals surface area contributed by atoms with E-state index in [9.17, 15) is 0 Å². The highest BCUT2D eigenvalue weighted by Crippen LogP contribution is 2.28. The van der Waals surface area contributed by atoms with E-state index in [0.29, 0.717) is 5.75 Å². The van der Waals surface area contributed by atoms with Crippen LogP contribution in [0.2, 0.25) is 65.0 Å². The Morgan fingerprint density at radius 2 is 1.22 bits per heavy atom. The molecule has 0 fully saturated rings. The average Bonchev–Trinajstić information content (AvgIpc) is 2.41. The average molecular weight is 447 g/mol. The molecule has 0 saturated carbocycles. The third kappa shape index (κ3) is 15.4. The maximum absolute atomic E-state index is 8.63. The summed E-state index contributed by atoms with van der Waals surface area (Å²) in [6.07, 6.45) is 2.38.